The Morgan fingerprint density at radius 2 is 2.19 bits per heavy atom. The third-order valence-corrected chi connectivity index (χ3v) is 2.35. The molecule has 1 N–H and O–H groups in total. The van der Waals surface area contributed by atoms with Crippen molar-refractivity contribution in [3.8, 4) is 0 Å². The molecule has 0 radical (unpaired) electrons. The molecule has 3 nitrogen and oxygen atoms in total. The molecular weight excluding hydrogens is 222 g/mol. The molecule has 0 aliphatic carbocycles. The summed E-state index contributed by atoms with van der Waals surface area (Å²) in [6.07, 6.45) is 4.43. The first-order valence-corrected chi connectivity index (χ1v) is 5.95. The van der Waals surface area contributed by atoms with Crippen molar-refractivity contribution in [3.63, 3.8) is 0 Å². The first-order chi connectivity index (χ1) is 7.22. The van der Waals surface area contributed by atoms with E-state index in [2.05, 4.69) is 43.4 Å². The second kappa shape index (κ2) is 8.59. The number of aromatic nitrogens is 2. The van der Waals surface area contributed by atoms with E-state index < -0.39 is 0 Å². The van der Waals surface area contributed by atoms with Crippen molar-refractivity contribution in [1.82, 2.24) is 15.1 Å². The molecule has 4 heteroatoms. The van der Waals surface area contributed by atoms with Crippen molar-refractivity contribution < 1.29 is 0 Å². The molecule has 1 aromatic heterocycles. The van der Waals surface area contributed by atoms with Crippen LogP contribution in [0.5, 0.6) is 0 Å². The van der Waals surface area contributed by atoms with Crippen LogP contribution in [-0.4, -0.2) is 16.3 Å². The summed E-state index contributed by atoms with van der Waals surface area (Å²) < 4.78 is 2.01. The second-order valence-electron chi connectivity index (χ2n) is 4.43. The van der Waals surface area contributed by atoms with Gasteiger partial charge in [0.1, 0.15) is 0 Å². The Kier molecular flexibility index (Phi) is 8.30. The molecule has 1 aromatic rings. The summed E-state index contributed by atoms with van der Waals surface area (Å²) >= 11 is 0. The molecule has 0 saturated heterocycles. The van der Waals surface area contributed by atoms with Crippen LogP contribution >= 0.6 is 12.4 Å². The van der Waals surface area contributed by atoms with Crippen LogP contribution in [0, 0.1) is 5.92 Å². The van der Waals surface area contributed by atoms with Crippen LogP contribution in [0.2, 0.25) is 0 Å². The molecule has 0 bridgehead atoms. The van der Waals surface area contributed by atoms with Gasteiger partial charge in [-0.2, -0.15) is 5.10 Å². The summed E-state index contributed by atoms with van der Waals surface area (Å²) in [5.74, 6) is 0.773. The van der Waals surface area contributed by atoms with Crippen molar-refractivity contribution in [2.24, 2.45) is 5.92 Å². The van der Waals surface area contributed by atoms with Gasteiger partial charge in [-0.25, -0.2) is 0 Å². The maximum absolute atomic E-state index is 4.47. The lowest BCUT2D eigenvalue weighted by Crippen LogP contribution is -2.16. The first kappa shape index (κ1) is 15.5. The fourth-order valence-electron chi connectivity index (χ4n) is 1.46. The number of nitrogens with zero attached hydrogens (tertiary/aromatic N) is 2. The average molecular weight is 246 g/mol. The van der Waals surface area contributed by atoms with E-state index in [4.69, 9.17) is 0 Å². The largest absolute Gasteiger partial charge is 0.311 e. The zero-order valence-electron chi connectivity index (χ0n) is 10.6. The van der Waals surface area contributed by atoms with Gasteiger partial charge in [0, 0.05) is 19.3 Å². The SMILES string of the molecule is CCCn1ccc(CNCCC(C)C)n1.Cl. The molecule has 1 rings (SSSR count). The highest BCUT2D eigenvalue weighted by atomic mass is 35.5. The van der Waals surface area contributed by atoms with E-state index in [0.717, 1.165) is 37.7 Å². The molecule has 0 unspecified atom stereocenters. The molecule has 0 amide bonds. The molecule has 0 saturated carbocycles. The number of hydrogen-bond donors (Lipinski definition) is 1. The Morgan fingerprint density at radius 3 is 2.81 bits per heavy atom. The van der Waals surface area contributed by atoms with E-state index in [1.54, 1.807) is 0 Å². The molecule has 0 fully saturated rings. The highest BCUT2D eigenvalue weighted by molar-refractivity contribution is 5.85. The van der Waals surface area contributed by atoms with Crippen LogP contribution in [0.1, 0.15) is 39.3 Å². The van der Waals surface area contributed by atoms with Crippen LogP contribution in [0.4, 0.5) is 0 Å². The predicted molar refractivity (Wildman–Crippen MR) is 70.9 cm³/mol. The van der Waals surface area contributed by atoms with Crippen LogP contribution in [-0.2, 0) is 13.1 Å². The third kappa shape index (κ3) is 6.13. The zero-order chi connectivity index (χ0) is 11.1. The highest BCUT2D eigenvalue weighted by Gasteiger charge is 1.98. The van der Waals surface area contributed by atoms with Crippen LogP contribution < -0.4 is 5.32 Å². The fraction of sp³-hybridized carbons (Fsp3) is 0.750. The third-order valence-electron chi connectivity index (χ3n) is 2.35. The molecule has 0 aliphatic rings. The van der Waals surface area contributed by atoms with Gasteiger partial charge in [0.2, 0.25) is 0 Å². The smallest absolute Gasteiger partial charge is 0.0762 e. The Morgan fingerprint density at radius 1 is 1.44 bits per heavy atom. The molecule has 0 aromatic carbocycles. The fourth-order valence-corrected chi connectivity index (χ4v) is 1.46. The van der Waals surface area contributed by atoms with Crippen molar-refractivity contribution in [1.29, 1.82) is 0 Å². The number of hydrogen-bond acceptors (Lipinski definition) is 2. The number of aryl methyl sites for hydroxylation is 1. The average Bonchev–Trinajstić information content (AvgIpc) is 2.61. The summed E-state index contributed by atoms with van der Waals surface area (Å²) in [6, 6.07) is 2.10. The topological polar surface area (TPSA) is 29.9 Å². The van der Waals surface area contributed by atoms with E-state index in [9.17, 15) is 0 Å². The standard InChI is InChI=1S/C12H23N3.ClH/c1-4-8-15-9-6-12(14-15)10-13-7-5-11(2)3;/h6,9,11,13H,4-5,7-8,10H2,1-3H3;1H. The van der Waals surface area contributed by atoms with Gasteiger partial charge in [-0.05, 0) is 31.4 Å². The Hall–Kier alpha value is -0.540. The minimum Gasteiger partial charge on any atom is -0.311 e. The van der Waals surface area contributed by atoms with E-state index >= 15 is 0 Å². The van der Waals surface area contributed by atoms with E-state index in [1.807, 2.05) is 4.68 Å². The van der Waals surface area contributed by atoms with Gasteiger partial charge in [0.25, 0.3) is 0 Å². The van der Waals surface area contributed by atoms with Gasteiger partial charge in [0.05, 0.1) is 5.69 Å². The number of halogens is 1. The molecule has 0 spiro atoms. The van der Waals surface area contributed by atoms with Gasteiger partial charge >= 0.3 is 0 Å². The minimum absolute atomic E-state index is 0. The van der Waals surface area contributed by atoms with E-state index in [0.29, 0.717) is 0 Å². The Bertz CT molecular complexity index is 271. The molecular formula is C12H24ClN3. The molecule has 16 heavy (non-hydrogen) atoms. The van der Waals surface area contributed by atoms with Crippen molar-refractivity contribution in [3.05, 3.63) is 18.0 Å². The van der Waals surface area contributed by atoms with Crippen molar-refractivity contribution >= 4 is 12.4 Å². The summed E-state index contributed by atoms with van der Waals surface area (Å²) in [5, 5.41) is 7.88. The summed E-state index contributed by atoms with van der Waals surface area (Å²) in [7, 11) is 0. The minimum atomic E-state index is 0. The van der Waals surface area contributed by atoms with Crippen LogP contribution in [0.15, 0.2) is 12.3 Å². The lowest BCUT2D eigenvalue weighted by atomic mass is 10.1. The molecule has 94 valence electrons. The van der Waals surface area contributed by atoms with Crippen LogP contribution in [0.3, 0.4) is 0 Å². The van der Waals surface area contributed by atoms with Crippen LogP contribution in [0.25, 0.3) is 0 Å². The van der Waals surface area contributed by atoms with Gasteiger partial charge in [-0.1, -0.05) is 20.8 Å². The lowest BCUT2D eigenvalue weighted by Gasteiger charge is -2.05. The zero-order valence-corrected chi connectivity index (χ0v) is 11.4. The first-order valence-electron chi connectivity index (χ1n) is 5.95. The van der Waals surface area contributed by atoms with Gasteiger partial charge in [0.15, 0.2) is 0 Å². The van der Waals surface area contributed by atoms with Gasteiger partial charge in [-0.15, -0.1) is 12.4 Å². The lowest BCUT2D eigenvalue weighted by molar-refractivity contribution is 0.529. The quantitative estimate of drug-likeness (QED) is 0.749. The monoisotopic (exact) mass is 245 g/mol. The number of nitrogens with one attached hydrogen (secondary N) is 1. The maximum Gasteiger partial charge on any atom is 0.0762 e. The Balaban J connectivity index is 0.00000225. The molecule has 1 heterocycles. The Labute approximate surface area is 105 Å². The summed E-state index contributed by atoms with van der Waals surface area (Å²) in [5.41, 5.74) is 1.15. The number of rotatable bonds is 7. The van der Waals surface area contributed by atoms with E-state index in [-0.39, 0.29) is 12.4 Å². The summed E-state index contributed by atoms with van der Waals surface area (Å²) in [4.78, 5) is 0. The maximum atomic E-state index is 4.47. The van der Waals surface area contributed by atoms with E-state index in [1.165, 1.54) is 6.42 Å². The highest BCUT2D eigenvalue weighted by Crippen LogP contribution is 1.99. The molecule has 0 aliphatic heterocycles. The van der Waals surface area contributed by atoms with Crippen molar-refractivity contribution in [2.45, 2.75) is 46.7 Å². The predicted octanol–water partition coefficient (Wildman–Crippen LogP) is 2.85. The molecule has 0 atom stereocenters. The van der Waals surface area contributed by atoms with Gasteiger partial charge < -0.3 is 5.32 Å². The second-order valence-corrected chi connectivity index (χ2v) is 4.43. The van der Waals surface area contributed by atoms with Crippen molar-refractivity contribution in [2.75, 3.05) is 6.54 Å². The van der Waals surface area contributed by atoms with Gasteiger partial charge in [-0.3, -0.25) is 4.68 Å². The summed E-state index contributed by atoms with van der Waals surface area (Å²) in [6.45, 7) is 9.66. The normalized spacial score (nSPS) is 10.5.